The van der Waals surface area contributed by atoms with E-state index in [4.69, 9.17) is 0 Å². The number of hydrogen-bond acceptors (Lipinski definition) is 5. The van der Waals surface area contributed by atoms with Crippen molar-refractivity contribution in [2.75, 3.05) is 36.4 Å². The Labute approximate surface area is 204 Å². The molecule has 180 valence electrons. The van der Waals surface area contributed by atoms with Crippen LogP contribution in [0.15, 0.2) is 66.9 Å². The predicted octanol–water partition coefficient (Wildman–Crippen LogP) is 3.64. The third-order valence-electron chi connectivity index (χ3n) is 6.88. The van der Waals surface area contributed by atoms with Crippen LogP contribution in [0.1, 0.15) is 29.9 Å². The zero-order valence-corrected chi connectivity index (χ0v) is 19.4. The Morgan fingerprint density at radius 2 is 1.77 bits per heavy atom. The van der Waals surface area contributed by atoms with E-state index in [2.05, 4.69) is 27.6 Å². The molecule has 2 aromatic carbocycles. The summed E-state index contributed by atoms with van der Waals surface area (Å²) in [6, 6.07) is 18.0. The number of nitrogens with one attached hydrogen (secondary N) is 1. The van der Waals surface area contributed by atoms with Crippen LogP contribution in [-0.4, -0.2) is 53.1 Å². The predicted molar refractivity (Wildman–Crippen MR) is 131 cm³/mol. The van der Waals surface area contributed by atoms with Crippen LogP contribution in [0.5, 0.6) is 0 Å². The molecule has 2 aliphatic heterocycles. The summed E-state index contributed by atoms with van der Waals surface area (Å²) < 4.78 is 13.4. The van der Waals surface area contributed by atoms with Gasteiger partial charge in [-0.15, -0.1) is 5.10 Å². The van der Waals surface area contributed by atoms with Crippen molar-refractivity contribution in [2.45, 2.75) is 25.2 Å². The molecule has 0 radical (unpaired) electrons. The molecule has 2 fully saturated rings. The van der Waals surface area contributed by atoms with E-state index < -0.39 is 0 Å². The number of amides is 2. The molecule has 2 saturated heterocycles. The molecule has 2 amide bonds. The molecule has 3 heterocycles. The second kappa shape index (κ2) is 10.2. The van der Waals surface area contributed by atoms with Crippen LogP contribution < -0.4 is 10.2 Å². The number of benzene rings is 2. The van der Waals surface area contributed by atoms with Crippen LogP contribution >= 0.6 is 0 Å². The molecule has 8 heteroatoms. The van der Waals surface area contributed by atoms with E-state index in [1.807, 2.05) is 34.1 Å². The molecule has 0 unspecified atom stereocenters. The van der Waals surface area contributed by atoms with Gasteiger partial charge < -0.3 is 15.1 Å². The van der Waals surface area contributed by atoms with Crippen LogP contribution in [-0.2, 0) is 16.0 Å². The molecular formula is C27H28FN5O2. The molecule has 3 aromatic rings. The normalized spacial score (nSPS) is 16.6. The summed E-state index contributed by atoms with van der Waals surface area (Å²) in [6.45, 7) is 2.67. The van der Waals surface area contributed by atoms with Crippen LogP contribution in [0.25, 0.3) is 0 Å². The van der Waals surface area contributed by atoms with Crippen molar-refractivity contribution in [1.29, 1.82) is 0 Å². The lowest BCUT2D eigenvalue weighted by molar-refractivity contribution is -0.131. The fraction of sp³-hybridized carbons (Fsp3) is 0.333. The van der Waals surface area contributed by atoms with Gasteiger partial charge in [-0.3, -0.25) is 9.59 Å². The molecule has 35 heavy (non-hydrogen) atoms. The van der Waals surface area contributed by atoms with Crippen LogP contribution in [0.4, 0.5) is 15.9 Å². The highest BCUT2D eigenvalue weighted by Gasteiger charge is 2.33. The van der Waals surface area contributed by atoms with Crippen LogP contribution in [0, 0.1) is 11.7 Å². The first-order valence-corrected chi connectivity index (χ1v) is 12.0. The summed E-state index contributed by atoms with van der Waals surface area (Å²) >= 11 is 0. The Morgan fingerprint density at radius 1 is 1.00 bits per heavy atom. The van der Waals surface area contributed by atoms with Crippen molar-refractivity contribution in [3.63, 3.8) is 0 Å². The zero-order chi connectivity index (χ0) is 24.2. The minimum Gasteiger partial charge on any atom is -0.353 e. The van der Waals surface area contributed by atoms with E-state index in [1.54, 1.807) is 18.3 Å². The van der Waals surface area contributed by atoms with Gasteiger partial charge in [-0.1, -0.05) is 24.3 Å². The van der Waals surface area contributed by atoms with Gasteiger partial charge in [0.1, 0.15) is 5.82 Å². The minimum atomic E-state index is -0.315. The Hall–Kier alpha value is -3.81. The fourth-order valence-electron chi connectivity index (χ4n) is 4.77. The van der Waals surface area contributed by atoms with Crippen molar-refractivity contribution in [3.05, 3.63) is 83.8 Å². The highest BCUT2D eigenvalue weighted by Crippen LogP contribution is 2.30. The number of anilines is 2. The maximum Gasteiger partial charge on any atom is 0.231 e. The van der Waals surface area contributed by atoms with Crippen molar-refractivity contribution in [1.82, 2.24) is 15.1 Å². The molecule has 0 bridgehead atoms. The SMILES string of the molecule is O=C(Nc1ccc(C2CCN(C(=O)Cc3cccc(F)c3)CC2)cc1)C1CN(c2cccnn2)C1. The quantitative estimate of drug-likeness (QED) is 0.592. The summed E-state index contributed by atoms with van der Waals surface area (Å²) in [5.41, 5.74) is 2.72. The summed E-state index contributed by atoms with van der Waals surface area (Å²) in [6.07, 6.45) is 3.64. The fourth-order valence-corrected chi connectivity index (χ4v) is 4.77. The average Bonchev–Trinajstić information content (AvgIpc) is 2.84. The maximum absolute atomic E-state index is 13.4. The minimum absolute atomic E-state index is 0.0167. The van der Waals surface area contributed by atoms with Gasteiger partial charge >= 0.3 is 0 Å². The Balaban J connectivity index is 1.08. The number of piperidine rings is 1. The number of rotatable bonds is 6. The summed E-state index contributed by atoms with van der Waals surface area (Å²) in [4.78, 5) is 29.1. The first-order chi connectivity index (χ1) is 17.0. The van der Waals surface area contributed by atoms with Gasteiger partial charge in [0.25, 0.3) is 0 Å². The van der Waals surface area contributed by atoms with E-state index in [0.29, 0.717) is 37.7 Å². The lowest BCUT2D eigenvalue weighted by Crippen LogP contribution is -2.52. The second-order valence-corrected chi connectivity index (χ2v) is 9.26. The van der Waals surface area contributed by atoms with E-state index >= 15 is 0 Å². The number of hydrogen-bond donors (Lipinski definition) is 1. The maximum atomic E-state index is 13.4. The van der Waals surface area contributed by atoms with E-state index in [0.717, 1.165) is 24.3 Å². The van der Waals surface area contributed by atoms with Crippen LogP contribution in [0.2, 0.25) is 0 Å². The van der Waals surface area contributed by atoms with Gasteiger partial charge in [0.05, 0.1) is 12.3 Å². The molecule has 1 aromatic heterocycles. The molecule has 1 N–H and O–H groups in total. The highest BCUT2D eigenvalue weighted by molar-refractivity contribution is 5.94. The Bertz CT molecular complexity index is 1170. The second-order valence-electron chi connectivity index (χ2n) is 9.26. The third-order valence-corrected chi connectivity index (χ3v) is 6.88. The molecule has 0 aliphatic carbocycles. The van der Waals surface area contributed by atoms with Crippen molar-refractivity contribution < 1.29 is 14.0 Å². The van der Waals surface area contributed by atoms with Crippen molar-refractivity contribution in [3.8, 4) is 0 Å². The van der Waals surface area contributed by atoms with E-state index in [9.17, 15) is 14.0 Å². The lowest BCUT2D eigenvalue weighted by Gasteiger charge is -2.38. The molecule has 0 spiro atoms. The van der Waals surface area contributed by atoms with Crippen molar-refractivity contribution in [2.24, 2.45) is 5.92 Å². The molecule has 0 saturated carbocycles. The van der Waals surface area contributed by atoms with Gasteiger partial charge in [-0.25, -0.2) is 4.39 Å². The molecular weight excluding hydrogens is 445 g/mol. The number of likely N-dealkylation sites (tertiary alicyclic amines) is 1. The monoisotopic (exact) mass is 473 g/mol. The molecule has 0 atom stereocenters. The van der Waals surface area contributed by atoms with Gasteiger partial charge in [0, 0.05) is 38.1 Å². The first kappa shape index (κ1) is 23.0. The van der Waals surface area contributed by atoms with Crippen LogP contribution in [0.3, 0.4) is 0 Å². The Morgan fingerprint density at radius 3 is 2.46 bits per heavy atom. The number of halogens is 1. The first-order valence-electron chi connectivity index (χ1n) is 12.0. The largest absolute Gasteiger partial charge is 0.353 e. The number of aromatic nitrogens is 2. The summed E-state index contributed by atoms with van der Waals surface area (Å²) in [7, 11) is 0. The molecule has 5 rings (SSSR count). The highest BCUT2D eigenvalue weighted by atomic mass is 19.1. The topological polar surface area (TPSA) is 78.4 Å². The van der Waals surface area contributed by atoms with Crippen molar-refractivity contribution >= 4 is 23.3 Å². The smallest absolute Gasteiger partial charge is 0.231 e. The van der Waals surface area contributed by atoms with E-state index in [1.165, 1.54) is 17.7 Å². The molecule has 7 nitrogen and oxygen atoms in total. The zero-order valence-electron chi connectivity index (χ0n) is 19.4. The lowest BCUT2D eigenvalue weighted by atomic mass is 9.89. The van der Waals surface area contributed by atoms with Gasteiger partial charge in [-0.2, -0.15) is 5.10 Å². The van der Waals surface area contributed by atoms with E-state index in [-0.39, 0.29) is 30.0 Å². The summed E-state index contributed by atoms with van der Waals surface area (Å²) in [5, 5.41) is 11.0. The van der Waals surface area contributed by atoms with Gasteiger partial charge in [0.2, 0.25) is 11.8 Å². The molecule has 2 aliphatic rings. The average molecular weight is 474 g/mol. The van der Waals surface area contributed by atoms with Gasteiger partial charge in [0.15, 0.2) is 5.82 Å². The number of carbonyl (C=O) groups excluding carboxylic acids is 2. The summed E-state index contributed by atoms with van der Waals surface area (Å²) in [5.74, 6) is 0.855. The number of carbonyl (C=O) groups is 2. The third kappa shape index (κ3) is 5.48. The Kier molecular flexibility index (Phi) is 6.70. The number of nitrogens with zero attached hydrogens (tertiary/aromatic N) is 4. The van der Waals surface area contributed by atoms with Gasteiger partial charge in [-0.05, 0) is 66.3 Å². The standard InChI is InChI=1S/C27H28FN5O2/c28-23-4-1-3-19(15-23)16-26(34)32-13-10-21(11-14-32)20-6-8-24(9-7-20)30-27(35)22-17-33(18-22)25-5-2-12-29-31-25/h1-9,12,15,21-22H,10-11,13-14,16-18H2,(H,30,35).